The van der Waals surface area contributed by atoms with Crippen LogP contribution in [0.3, 0.4) is 0 Å². The molecule has 1 aromatic carbocycles. The molecule has 0 radical (unpaired) electrons. The van der Waals surface area contributed by atoms with Gasteiger partial charge in [-0.05, 0) is 0 Å². The first-order chi connectivity index (χ1) is 9.93. The molecule has 0 aliphatic carbocycles. The summed E-state index contributed by atoms with van der Waals surface area (Å²) in [5.74, 6) is 1.04. The third-order valence-electron chi connectivity index (χ3n) is 4.65. The summed E-state index contributed by atoms with van der Waals surface area (Å²) in [6.45, 7) is 6.43. The number of rotatable bonds is 4. The molecule has 4 heteroatoms. The summed E-state index contributed by atoms with van der Waals surface area (Å²) >= 11 is 0. The van der Waals surface area contributed by atoms with Crippen LogP contribution in [0.5, 0.6) is 5.75 Å². The third-order valence-corrected chi connectivity index (χ3v) is 8.95. The summed E-state index contributed by atoms with van der Waals surface area (Å²) in [4.78, 5) is 12.4. The molecular formula is C17H28NO2P. The molecule has 1 aromatic rings. The first-order valence-corrected chi connectivity index (χ1v) is 11.0. The quantitative estimate of drug-likeness (QED) is 0.859. The number of hydrogen-bond donors (Lipinski definition) is 1. The zero-order chi connectivity index (χ0) is 15.5. The van der Waals surface area contributed by atoms with Crippen molar-refractivity contribution < 1.29 is 9.53 Å². The summed E-state index contributed by atoms with van der Waals surface area (Å²) in [6, 6.07) is 3.95. The Balaban J connectivity index is 2.06. The van der Waals surface area contributed by atoms with E-state index in [4.69, 9.17) is 4.74 Å². The summed E-state index contributed by atoms with van der Waals surface area (Å²) in [5, 5.41) is 3.14. The molecule has 0 spiro atoms. The van der Waals surface area contributed by atoms with Crippen molar-refractivity contribution in [3.05, 3.63) is 23.3 Å². The number of hydrogen-bond acceptors (Lipinski definition) is 2. The van der Waals surface area contributed by atoms with Gasteiger partial charge in [-0.15, -0.1) is 0 Å². The van der Waals surface area contributed by atoms with Crippen LogP contribution in [0.4, 0.5) is 5.69 Å². The molecule has 2 rings (SSSR count). The maximum atomic E-state index is 12.4. The van der Waals surface area contributed by atoms with E-state index in [1.165, 1.54) is 31.6 Å². The normalized spacial score (nSPS) is 18.9. The van der Waals surface area contributed by atoms with E-state index >= 15 is 0 Å². The number of aryl methyl sites for hydroxylation is 2. The molecule has 118 valence electrons. The fourth-order valence-corrected chi connectivity index (χ4v) is 7.07. The number of ether oxygens (including phenoxy) is 1. The fraction of sp³-hybridized carbons (Fsp3) is 0.588. The van der Waals surface area contributed by atoms with E-state index in [0.717, 1.165) is 28.7 Å². The Labute approximate surface area is 128 Å². The van der Waals surface area contributed by atoms with E-state index in [0.29, 0.717) is 0 Å². The molecule has 0 aromatic heterocycles. The number of anilines is 1. The minimum atomic E-state index is -1.34. The molecule has 0 bridgehead atoms. The molecule has 1 N–H and O–H groups in total. The zero-order valence-electron chi connectivity index (χ0n) is 13.7. The number of nitrogens with one attached hydrogen (secondary N) is 1. The topological polar surface area (TPSA) is 38.3 Å². The Hall–Kier alpha value is -1.08. The van der Waals surface area contributed by atoms with Gasteiger partial charge in [0, 0.05) is 0 Å². The average molecular weight is 309 g/mol. The van der Waals surface area contributed by atoms with Crippen LogP contribution in [0.2, 0.25) is 0 Å². The minimum absolute atomic E-state index is 0.197. The number of benzene rings is 1. The van der Waals surface area contributed by atoms with E-state index in [9.17, 15) is 4.79 Å². The van der Waals surface area contributed by atoms with Crippen LogP contribution in [-0.2, 0) is 4.79 Å². The van der Waals surface area contributed by atoms with Crippen molar-refractivity contribution >= 4 is 18.9 Å². The number of methoxy groups -OCH3 is 1. The van der Waals surface area contributed by atoms with Crippen LogP contribution < -0.4 is 10.1 Å². The summed E-state index contributed by atoms with van der Waals surface area (Å²) < 4.78 is 5.27. The molecule has 1 aliphatic rings. The molecule has 1 aliphatic heterocycles. The van der Waals surface area contributed by atoms with Gasteiger partial charge < -0.3 is 0 Å². The zero-order valence-corrected chi connectivity index (χ0v) is 14.7. The monoisotopic (exact) mass is 309 g/mol. The third kappa shape index (κ3) is 4.20. The van der Waals surface area contributed by atoms with Gasteiger partial charge in [-0.3, -0.25) is 0 Å². The molecule has 3 nitrogen and oxygen atoms in total. The van der Waals surface area contributed by atoms with E-state index in [-0.39, 0.29) is 5.91 Å². The van der Waals surface area contributed by atoms with Crippen LogP contribution in [0.15, 0.2) is 12.1 Å². The van der Waals surface area contributed by atoms with Crippen LogP contribution in [0.25, 0.3) is 0 Å². The van der Waals surface area contributed by atoms with Gasteiger partial charge in [0.05, 0.1) is 0 Å². The second-order valence-corrected chi connectivity index (χ2v) is 11.7. The number of carbonyl (C=O) groups excluding carboxylic acids is 1. The fourth-order valence-electron chi connectivity index (χ4n) is 3.39. The van der Waals surface area contributed by atoms with Crippen LogP contribution in [0.1, 0.15) is 30.4 Å². The van der Waals surface area contributed by atoms with Crippen molar-refractivity contribution in [3.8, 4) is 5.75 Å². The molecule has 1 fully saturated rings. The van der Waals surface area contributed by atoms with Gasteiger partial charge in [-0.25, -0.2) is 0 Å². The van der Waals surface area contributed by atoms with Crippen molar-refractivity contribution in [2.24, 2.45) is 0 Å². The van der Waals surface area contributed by atoms with Gasteiger partial charge in [0.1, 0.15) is 0 Å². The Kier molecular flexibility index (Phi) is 5.27. The first kappa shape index (κ1) is 16.3. The van der Waals surface area contributed by atoms with Crippen LogP contribution in [-0.4, -0.2) is 38.2 Å². The predicted molar refractivity (Wildman–Crippen MR) is 93.8 cm³/mol. The van der Waals surface area contributed by atoms with Crippen molar-refractivity contribution in [2.75, 3.05) is 37.6 Å². The maximum absolute atomic E-state index is 12.4. The Morgan fingerprint density at radius 2 is 1.76 bits per heavy atom. The van der Waals surface area contributed by atoms with Gasteiger partial charge in [0.15, 0.2) is 0 Å². The van der Waals surface area contributed by atoms with Crippen molar-refractivity contribution in [3.63, 3.8) is 0 Å². The number of amides is 1. The molecule has 1 saturated heterocycles. The van der Waals surface area contributed by atoms with Crippen LogP contribution >= 0.6 is 7.26 Å². The molecule has 0 atom stereocenters. The molecule has 1 amide bonds. The van der Waals surface area contributed by atoms with Gasteiger partial charge >= 0.3 is 128 Å². The van der Waals surface area contributed by atoms with Crippen molar-refractivity contribution in [2.45, 2.75) is 33.1 Å². The Bertz CT molecular complexity index is 499. The summed E-state index contributed by atoms with van der Waals surface area (Å²) in [7, 11) is 0.326. The molecule has 0 unspecified atom stereocenters. The van der Waals surface area contributed by atoms with E-state index < -0.39 is 7.26 Å². The average Bonchev–Trinajstić information content (AvgIpc) is 2.42. The van der Waals surface area contributed by atoms with Gasteiger partial charge in [0.2, 0.25) is 0 Å². The standard InChI is InChI=1S/C17H28NO2P/c1-13-10-15(20-3)11-14(2)17(13)18-16(19)12-21(4)8-6-5-7-9-21/h10-11,21H,5-9,12H2,1-4H3,(H,18,19). The van der Waals surface area contributed by atoms with E-state index in [1.54, 1.807) is 7.11 Å². The second-order valence-electron chi connectivity index (χ2n) is 6.73. The Morgan fingerprint density at radius 3 is 2.29 bits per heavy atom. The van der Waals surface area contributed by atoms with Crippen molar-refractivity contribution in [1.82, 2.24) is 0 Å². The molecular weight excluding hydrogens is 281 g/mol. The summed E-state index contributed by atoms with van der Waals surface area (Å²) in [5.41, 5.74) is 3.08. The first-order valence-electron chi connectivity index (χ1n) is 7.89. The summed E-state index contributed by atoms with van der Waals surface area (Å²) in [6.07, 6.45) is 7.36. The van der Waals surface area contributed by atoms with Gasteiger partial charge in [-0.2, -0.15) is 0 Å². The SMILES string of the molecule is COc1cc(C)c(NC(=O)C[PH]2(C)CCCCC2)c(C)c1. The van der Waals surface area contributed by atoms with E-state index in [1.807, 2.05) is 26.0 Å². The van der Waals surface area contributed by atoms with Gasteiger partial charge in [-0.1, -0.05) is 0 Å². The second kappa shape index (κ2) is 6.79. The van der Waals surface area contributed by atoms with Crippen LogP contribution in [0, 0.1) is 13.8 Å². The van der Waals surface area contributed by atoms with E-state index in [2.05, 4.69) is 12.0 Å². The molecule has 0 saturated carbocycles. The Morgan fingerprint density at radius 1 is 1.19 bits per heavy atom. The van der Waals surface area contributed by atoms with Gasteiger partial charge in [0.25, 0.3) is 0 Å². The molecule has 1 heterocycles. The molecule has 21 heavy (non-hydrogen) atoms. The number of carbonyl (C=O) groups is 1. The predicted octanol–water partition coefficient (Wildman–Crippen LogP) is 3.81. The van der Waals surface area contributed by atoms with Crippen molar-refractivity contribution in [1.29, 1.82) is 0 Å².